The molecule has 0 aliphatic carbocycles. The van der Waals surface area contributed by atoms with Crippen molar-refractivity contribution in [2.45, 2.75) is 124 Å². The average molecular weight is 597 g/mol. The van der Waals surface area contributed by atoms with E-state index in [1.807, 2.05) is 88.4 Å². The lowest BCUT2D eigenvalue weighted by Crippen LogP contribution is -2.49. The van der Waals surface area contributed by atoms with E-state index in [2.05, 4.69) is 47.7 Å². The van der Waals surface area contributed by atoms with Crippen molar-refractivity contribution in [3.63, 3.8) is 0 Å². The highest BCUT2D eigenvalue weighted by Gasteiger charge is 2.45. The molecule has 0 heterocycles. The fraction of sp³-hybridized carbons (Fsp3) is 0.583. The van der Waals surface area contributed by atoms with Crippen LogP contribution in [0.5, 0.6) is 0 Å². The van der Waals surface area contributed by atoms with Gasteiger partial charge < -0.3 is 19.4 Å². The summed E-state index contributed by atoms with van der Waals surface area (Å²) in [6.45, 7) is 24.4. The van der Waals surface area contributed by atoms with Crippen LogP contribution in [0.4, 0.5) is 0 Å². The van der Waals surface area contributed by atoms with Gasteiger partial charge in [-0.2, -0.15) is 0 Å². The van der Waals surface area contributed by atoms with E-state index in [-0.39, 0.29) is 16.9 Å². The lowest BCUT2D eigenvalue weighted by atomic mass is 9.71. The van der Waals surface area contributed by atoms with Gasteiger partial charge in [0.25, 0.3) is 0 Å². The van der Waals surface area contributed by atoms with Crippen molar-refractivity contribution in [2.24, 2.45) is 11.3 Å². The van der Waals surface area contributed by atoms with Gasteiger partial charge in [0.1, 0.15) is 12.2 Å². The molecule has 234 valence electrons. The molecule has 0 aliphatic heterocycles. The van der Waals surface area contributed by atoms with Crippen molar-refractivity contribution in [2.75, 3.05) is 0 Å². The fourth-order valence-electron chi connectivity index (χ4n) is 4.95. The van der Waals surface area contributed by atoms with Gasteiger partial charge in [-0.15, -0.1) is 0 Å². The third kappa shape index (κ3) is 8.43. The van der Waals surface area contributed by atoms with Gasteiger partial charge in [0.05, 0.1) is 6.10 Å². The standard InChI is InChI=1S/C36H56O5Si/c1-13-24(2)36(9,10)33(38)31(37)26(4)25(3)27(5)40-34(39)32(41-42(11,12)35(6,7)8)30(28-20-16-14-17-21-28)29-22-18-15-19-23-29/h14-24,27,30-33,37-38H,13H2,1-12H3/b26-25+/t24-,27-,31-,32+,33-/m0/s1. The quantitative estimate of drug-likeness (QED) is 0.138. The maximum atomic E-state index is 14.2. The molecule has 2 aromatic carbocycles. The first-order valence-electron chi connectivity index (χ1n) is 15.4. The summed E-state index contributed by atoms with van der Waals surface area (Å²) in [5.41, 5.74) is 2.80. The van der Waals surface area contributed by atoms with Crippen molar-refractivity contribution in [3.8, 4) is 0 Å². The Kier molecular flexibility index (Phi) is 12.4. The van der Waals surface area contributed by atoms with Crippen LogP contribution in [0.25, 0.3) is 0 Å². The van der Waals surface area contributed by atoms with Crippen molar-refractivity contribution in [3.05, 3.63) is 82.9 Å². The van der Waals surface area contributed by atoms with Gasteiger partial charge in [-0.05, 0) is 72.5 Å². The topological polar surface area (TPSA) is 76.0 Å². The van der Waals surface area contributed by atoms with Gasteiger partial charge in [-0.25, -0.2) is 4.79 Å². The Labute approximate surface area is 256 Å². The second kappa shape index (κ2) is 14.5. The first kappa shape index (κ1) is 35.9. The van der Waals surface area contributed by atoms with Crippen LogP contribution in [0.1, 0.15) is 92.7 Å². The molecule has 0 amide bonds. The molecule has 5 nitrogen and oxygen atoms in total. The number of aliphatic hydroxyl groups is 2. The van der Waals surface area contributed by atoms with E-state index in [9.17, 15) is 15.0 Å². The van der Waals surface area contributed by atoms with E-state index in [1.54, 1.807) is 6.92 Å². The Morgan fingerprint density at radius 1 is 0.833 bits per heavy atom. The molecule has 2 aromatic rings. The predicted molar refractivity (Wildman–Crippen MR) is 176 cm³/mol. The highest BCUT2D eigenvalue weighted by atomic mass is 28.4. The van der Waals surface area contributed by atoms with Gasteiger partial charge in [0.15, 0.2) is 14.4 Å². The van der Waals surface area contributed by atoms with Crippen LogP contribution in [-0.4, -0.2) is 48.9 Å². The van der Waals surface area contributed by atoms with Crippen LogP contribution in [0.3, 0.4) is 0 Å². The highest BCUT2D eigenvalue weighted by Crippen LogP contribution is 2.41. The molecule has 2 rings (SSSR count). The van der Waals surface area contributed by atoms with E-state index >= 15 is 0 Å². The Morgan fingerprint density at radius 3 is 1.69 bits per heavy atom. The van der Waals surface area contributed by atoms with E-state index in [1.165, 1.54) is 0 Å². The Balaban J connectivity index is 2.51. The number of benzene rings is 2. The molecule has 0 aliphatic rings. The number of aliphatic hydroxyl groups excluding tert-OH is 2. The fourth-order valence-corrected chi connectivity index (χ4v) is 6.17. The van der Waals surface area contributed by atoms with Crippen molar-refractivity contribution >= 4 is 14.3 Å². The molecule has 0 bridgehead atoms. The number of esters is 1. The molecule has 0 aromatic heterocycles. The summed E-state index contributed by atoms with van der Waals surface area (Å²) < 4.78 is 13.1. The summed E-state index contributed by atoms with van der Waals surface area (Å²) in [5.74, 6) is -0.589. The molecular weight excluding hydrogens is 540 g/mol. The Morgan fingerprint density at radius 2 is 1.29 bits per heavy atom. The molecule has 42 heavy (non-hydrogen) atoms. The first-order valence-corrected chi connectivity index (χ1v) is 18.3. The van der Waals surface area contributed by atoms with Crippen LogP contribution >= 0.6 is 0 Å². The lowest BCUT2D eigenvalue weighted by molar-refractivity contribution is -0.156. The highest BCUT2D eigenvalue weighted by molar-refractivity contribution is 6.74. The zero-order chi connectivity index (χ0) is 32.0. The van der Waals surface area contributed by atoms with Crippen molar-refractivity contribution < 1.29 is 24.2 Å². The van der Waals surface area contributed by atoms with Crippen molar-refractivity contribution in [1.82, 2.24) is 0 Å². The number of hydrogen-bond donors (Lipinski definition) is 2. The molecular formula is C36H56O5Si. The number of ether oxygens (including phenoxy) is 1. The van der Waals surface area contributed by atoms with E-state index in [0.29, 0.717) is 5.57 Å². The second-order valence-electron chi connectivity index (χ2n) is 14.1. The summed E-state index contributed by atoms with van der Waals surface area (Å²) in [6, 6.07) is 20.0. The van der Waals surface area contributed by atoms with Crippen molar-refractivity contribution in [1.29, 1.82) is 0 Å². The normalized spacial score (nSPS) is 17.2. The minimum Gasteiger partial charge on any atom is -0.456 e. The third-order valence-electron chi connectivity index (χ3n) is 9.99. The third-order valence-corrected chi connectivity index (χ3v) is 14.4. The minimum atomic E-state index is -2.41. The van der Waals surface area contributed by atoms with Gasteiger partial charge in [-0.1, -0.05) is 116 Å². The molecule has 0 saturated heterocycles. The molecule has 0 spiro atoms. The SMILES string of the molecule is CC[C@H](C)C(C)(C)[C@@H](O)[C@@H](O)/C(C)=C(\C)[C@H](C)OC(=O)[C@H](O[Si](C)(C)C(C)(C)C)C(c1ccccc1)c1ccccc1. The number of hydrogen-bond acceptors (Lipinski definition) is 5. The largest absolute Gasteiger partial charge is 0.456 e. The molecule has 6 heteroatoms. The maximum absolute atomic E-state index is 14.2. The van der Waals surface area contributed by atoms with Gasteiger partial charge in [-0.3, -0.25) is 0 Å². The van der Waals surface area contributed by atoms with Crippen LogP contribution in [0.15, 0.2) is 71.8 Å². The van der Waals surface area contributed by atoms with Gasteiger partial charge in [0, 0.05) is 5.92 Å². The first-order chi connectivity index (χ1) is 19.4. The van der Waals surface area contributed by atoms with Gasteiger partial charge in [0.2, 0.25) is 0 Å². The molecule has 0 saturated carbocycles. The zero-order valence-corrected chi connectivity index (χ0v) is 29.1. The lowest BCUT2D eigenvalue weighted by Gasteiger charge is -2.41. The van der Waals surface area contributed by atoms with Crippen LogP contribution in [-0.2, 0) is 14.0 Å². The van der Waals surface area contributed by atoms with Crippen LogP contribution in [0.2, 0.25) is 18.1 Å². The van der Waals surface area contributed by atoms with E-state index in [4.69, 9.17) is 9.16 Å². The second-order valence-corrected chi connectivity index (χ2v) is 18.8. The summed E-state index contributed by atoms with van der Waals surface area (Å²) in [4.78, 5) is 14.2. The summed E-state index contributed by atoms with van der Waals surface area (Å²) in [6.07, 6.45) is -2.63. The minimum absolute atomic E-state index is 0.121. The summed E-state index contributed by atoms with van der Waals surface area (Å²) in [5, 5.41) is 22.2. The number of carbonyl (C=O) groups is 1. The summed E-state index contributed by atoms with van der Waals surface area (Å²) >= 11 is 0. The molecule has 2 N–H and O–H groups in total. The molecule has 0 fully saturated rings. The monoisotopic (exact) mass is 596 g/mol. The molecule has 0 unspecified atom stereocenters. The van der Waals surface area contributed by atoms with Crippen LogP contribution in [0, 0.1) is 11.3 Å². The van der Waals surface area contributed by atoms with E-state index in [0.717, 1.165) is 23.1 Å². The number of carbonyl (C=O) groups excluding carboxylic acids is 1. The average Bonchev–Trinajstić information content (AvgIpc) is 2.94. The summed E-state index contributed by atoms with van der Waals surface area (Å²) in [7, 11) is -2.41. The smallest absolute Gasteiger partial charge is 0.335 e. The predicted octanol–water partition coefficient (Wildman–Crippen LogP) is 8.27. The molecule has 0 radical (unpaired) electrons. The Bertz CT molecular complexity index is 1130. The van der Waals surface area contributed by atoms with E-state index < -0.39 is 44.1 Å². The molecule has 5 atom stereocenters. The van der Waals surface area contributed by atoms with Crippen LogP contribution < -0.4 is 0 Å². The maximum Gasteiger partial charge on any atom is 0.335 e. The Hall–Kier alpha value is -2.25. The number of rotatable bonds is 13. The zero-order valence-electron chi connectivity index (χ0n) is 28.1. The van der Waals surface area contributed by atoms with Gasteiger partial charge >= 0.3 is 5.97 Å².